The van der Waals surface area contributed by atoms with Crippen LogP contribution in [0.1, 0.15) is 48.5 Å². The van der Waals surface area contributed by atoms with E-state index in [1.54, 1.807) is 97.1 Å². The van der Waals surface area contributed by atoms with Crippen LogP contribution in [-0.4, -0.2) is 64.9 Å². The Labute approximate surface area is 481 Å². The smallest absolute Gasteiger partial charge is 0.329 e. The summed E-state index contributed by atoms with van der Waals surface area (Å²) in [7, 11) is 0. The zero-order chi connectivity index (χ0) is 56.5. The molecule has 2 aliphatic heterocycles. The molecule has 1 N–H and O–H groups in total. The molecular weight excluding hydrogens is 1090 g/mol. The van der Waals surface area contributed by atoms with E-state index in [1.165, 1.54) is 24.3 Å². The van der Waals surface area contributed by atoms with Gasteiger partial charge in [0.2, 0.25) is 0 Å². The third kappa shape index (κ3) is 12.3. The summed E-state index contributed by atoms with van der Waals surface area (Å²) in [5.74, 6) is -2.80. The number of para-hydroxylation sites is 5. The number of nitrogens with one attached hydrogen (secondary N) is 1. The Morgan fingerprint density at radius 1 is 0.463 bits per heavy atom. The predicted molar refractivity (Wildman–Crippen MR) is 321 cm³/mol. The molecule has 0 saturated heterocycles. The molecule has 16 heteroatoms. The number of allylic oxidation sites excluding steroid dienone is 4. The molecule has 0 amide bonds. The molecular formula is C64H50Cl4N4O8. The van der Waals surface area contributed by atoms with Gasteiger partial charge in [0, 0.05) is 44.4 Å². The van der Waals surface area contributed by atoms with Gasteiger partial charge in [-0.3, -0.25) is 19.2 Å². The minimum Gasteiger partial charge on any atom is -0.425 e. The molecule has 3 aromatic heterocycles. The number of alkyl halides is 4. The van der Waals surface area contributed by atoms with Crippen LogP contribution in [0.5, 0.6) is 23.0 Å². The Hall–Kier alpha value is -8.52. The minimum atomic E-state index is -1.13. The van der Waals surface area contributed by atoms with Gasteiger partial charge in [-0.15, -0.1) is 72.7 Å². The van der Waals surface area contributed by atoms with Gasteiger partial charge in [0.25, 0.3) is 0 Å². The van der Waals surface area contributed by atoms with E-state index in [4.69, 9.17) is 75.3 Å². The number of carbonyl (C=O) groups excluding carboxylic acids is 4. The molecule has 0 saturated carbocycles. The Morgan fingerprint density at radius 3 is 1.31 bits per heavy atom. The van der Waals surface area contributed by atoms with E-state index in [-0.39, 0.29) is 59.9 Å². The highest BCUT2D eigenvalue weighted by atomic mass is 35.5. The number of nitrogens with zero attached hydrogens (tertiary/aromatic N) is 3. The third-order valence-corrected chi connectivity index (χ3v) is 14.0. The minimum absolute atomic E-state index is 0.0535. The molecule has 0 aliphatic carbocycles. The number of esters is 4. The average Bonchev–Trinajstić information content (AvgIpc) is 4.39. The number of hydrogen-bond donors (Lipinski definition) is 1. The average molecular weight is 1140 g/mol. The van der Waals surface area contributed by atoms with E-state index in [9.17, 15) is 19.2 Å². The van der Waals surface area contributed by atoms with Gasteiger partial charge in [-0.25, -0.2) is 9.97 Å². The van der Waals surface area contributed by atoms with Crippen LogP contribution in [0, 0.1) is 0 Å². The van der Waals surface area contributed by atoms with Crippen LogP contribution in [0.3, 0.4) is 0 Å². The van der Waals surface area contributed by atoms with Crippen molar-refractivity contribution >= 4 is 117 Å². The molecule has 0 spiro atoms. The highest BCUT2D eigenvalue weighted by Crippen LogP contribution is 2.53. The van der Waals surface area contributed by atoms with Gasteiger partial charge in [0.1, 0.15) is 38.8 Å². The van der Waals surface area contributed by atoms with Crippen molar-refractivity contribution in [3.63, 3.8) is 0 Å². The van der Waals surface area contributed by atoms with Crippen molar-refractivity contribution in [2.75, 3.05) is 0 Å². The molecule has 9 rings (SSSR count). The van der Waals surface area contributed by atoms with E-state index in [0.717, 1.165) is 11.0 Å². The number of carbonyl (C=O) groups is 4. The first-order chi connectivity index (χ1) is 38.8. The molecule has 8 bridgehead atoms. The summed E-state index contributed by atoms with van der Waals surface area (Å²) in [5, 5.41) is -4.49. The SMILES string of the molecule is C=CCC(Cl)C(=O)Oc1ccccc1-c1c(-c2ccccc2OC(=O)C(Cl)CC=C)c2c(-c3ccccc3OC(=O)C(Cl)CC=C)c3nc(cc4ccc(cc5nc(cc1n2-c1ccccc1OC(=O)C(Cl)CC=C)C=C5)[nH]4)C=C3. The van der Waals surface area contributed by atoms with Crippen molar-refractivity contribution in [1.29, 1.82) is 0 Å². The highest BCUT2D eigenvalue weighted by Gasteiger charge is 2.33. The second-order valence-corrected chi connectivity index (χ2v) is 20.3. The number of H-pyrrole nitrogens is 1. The molecule has 5 heterocycles. The monoisotopic (exact) mass is 1140 g/mol. The van der Waals surface area contributed by atoms with Crippen LogP contribution in [-0.2, 0) is 19.2 Å². The third-order valence-electron chi connectivity index (χ3n) is 12.6. The molecule has 7 aromatic rings. The van der Waals surface area contributed by atoms with E-state index >= 15 is 0 Å². The maximum absolute atomic E-state index is 14.1. The summed E-state index contributed by atoms with van der Waals surface area (Å²) >= 11 is 26.6. The van der Waals surface area contributed by atoms with Crippen LogP contribution in [0.25, 0.3) is 85.4 Å². The number of halogens is 4. The summed E-state index contributed by atoms with van der Waals surface area (Å²) in [5.41, 5.74) is 6.34. The largest absolute Gasteiger partial charge is 0.425 e. The second-order valence-electron chi connectivity index (χ2n) is 18.2. The van der Waals surface area contributed by atoms with Crippen molar-refractivity contribution in [2.24, 2.45) is 0 Å². The number of rotatable bonds is 20. The molecule has 80 heavy (non-hydrogen) atoms. The molecule has 0 radical (unpaired) electrons. The lowest BCUT2D eigenvalue weighted by Gasteiger charge is -2.19. The van der Waals surface area contributed by atoms with Gasteiger partial charge >= 0.3 is 23.9 Å². The normalized spacial score (nSPS) is 13.1. The van der Waals surface area contributed by atoms with Gasteiger partial charge in [-0.05, 0) is 111 Å². The molecule has 12 nitrogen and oxygen atoms in total. The molecule has 2 aliphatic rings. The summed E-state index contributed by atoms with van der Waals surface area (Å²) in [4.78, 5) is 70.1. The van der Waals surface area contributed by atoms with Crippen molar-refractivity contribution < 1.29 is 38.1 Å². The lowest BCUT2D eigenvalue weighted by Crippen LogP contribution is -2.21. The zero-order valence-electron chi connectivity index (χ0n) is 42.8. The van der Waals surface area contributed by atoms with Gasteiger partial charge in [-0.2, -0.15) is 0 Å². The summed E-state index contributed by atoms with van der Waals surface area (Å²) in [6.07, 6.45) is 13.8. The fraction of sp³-hybridized carbons (Fsp3) is 0.125. The maximum Gasteiger partial charge on any atom is 0.329 e. The Morgan fingerprint density at radius 2 is 0.838 bits per heavy atom. The lowest BCUT2D eigenvalue weighted by molar-refractivity contribution is -0.134. The molecule has 402 valence electrons. The van der Waals surface area contributed by atoms with Crippen LogP contribution < -0.4 is 18.9 Å². The van der Waals surface area contributed by atoms with E-state index in [2.05, 4.69) is 31.3 Å². The van der Waals surface area contributed by atoms with Gasteiger partial charge < -0.3 is 28.5 Å². The zero-order valence-corrected chi connectivity index (χ0v) is 45.9. The summed E-state index contributed by atoms with van der Waals surface area (Å²) in [6.45, 7) is 15.1. The lowest BCUT2D eigenvalue weighted by atomic mass is 9.92. The van der Waals surface area contributed by atoms with Gasteiger partial charge in [0.05, 0.1) is 39.5 Å². The standard InChI is InChI=1S/C64H50Cl4N4O8/c1-5-17-46(65)61(73)77-53-25-13-9-21-43(53)57-50-34-33-41(71-50)36-40-30-29-38(69-40)35-39-31-32-42(70-39)37-52-58(44-22-10-14-26-54(44)78-62(74)47(66)18-6-2)59(45-23-11-15-27-55(45)79-63(75)48(67)19-7-3)60(57)72(52)51-24-12-16-28-56(51)80-64(76)49(68)20-8-4/h5-16,21-37,46-49,69H,1-4,17-20H2. The topological polar surface area (TPSA) is 152 Å². The Bertz CT molecular complexity index is 3860. The first-order valence-corrected chi connectivity index (χ1v) is 27.0. The van der Waals surface area contributed by atoms with Crippen LogP contribution >= 0.6 is 46.4 Å². The number of fused-ring (bicyclic) bond motifs is 8. The van der Waals surface area contributed by atoms with Gasteiger partial charge in [0.15, 0.2) is 5.75 Å². The number of hydrogen-bond acceptors (Lipinski definition) is 10. The Kier molecular flexibility index (Phi) is 17.9. The highest BCUT2D eigenvalue weighted by molar-refractivity contribution is 6.31. The second kappa shape index (κ2) is 25.5. The van der Waals surface area contributed by atoms with E-state index < -0.39 is 45.4 Å². The molecule has 4 unspecified atom stereocenters. The first-order valence-electron chi connectivity index (χ1n) is 25.2. The van der Waals surface area contributed by atoms with Crippen LogP contribution in [0.2, 0.25) is 0 Å². The number of ether oxygens (including phenoxy) is 4. The fourth-order valence-corrected chi connectivity index (χ4v) is 9.70. The molecule has 0 fully saturated rings. The fourth-order valence-electron chi connectivity index (χ4n) is 9.02. The van der Waals surface area contributed by atoms with Crippen molar-refractivity contribution in [3.05, 3.63) is 201 Å². The summed E-state index contributed by atoms with van der Waals surface area (Å²) < 4.78 is 27.0. The van der Waals surface area contributed by atoms with Crippen LogP contribution in [0.15, 0.2) is 178 Å². The first kappa shape index (κ1) is 56.2. The molecule has 4 atom stereocenters. The van der Waals surface area contributed by atoms with Crippen molar-refractivity contribution in [1.82, 2.24) is 19.5 Å². The number of aromatic amines is 1. The van der Waals surface area contributed by atoms with Gasteiger partial charge in [-0.1, -0.05) is 91.0 Å². The van der Waals surface area contributed by atoms with E-state index in [0.29, 0.717) is 61.7 Å². The Balaban J connectivity index is 1.60. The predicted octanol–water partition coefficient (Wildman–Crippen LogP) is 15.5. The summed E-state index contributed by atoms with van der Waals surface area (Å²) in [6, 6.07) is 36.9. The number of aromatic nitrogens is 4. The number of benzene rings is 4. The quantitative estimate of drug-likeness (QED) is 0.0338. The van der Waals surface area contributed by atoms with E-state index in [1.807, 2.05) is 59.2 Å². The van der Waals surface area contributed by atoms with Crippen LogP contribution in [0.4, 0.5) is 0 Å². The van der Waals surface area contributed by atoms with Crippen molar-refractivity contribution in [3.8, 4) is 62.1 Å². The maximum atomic E-state index is 14.1. The van der Waals surface area contributed by atoms with Crippen molar-refractivity contribution in [2.45, 2.75) is 47.2 Å². The molecule has 4 aromatic carbocycles.